The number of aliphatic hydroxyl groups excluding tert-OH is 4. The molecule has 3 aliphatic heterocycles. The molecule has 1 spiro atoms. The Balaban J connectivity index is 1.95. The number of fused-ring (bicyclic) bond motifs is 2. The molecule has 2 bridgehead atoms. The number of carbonyl (C=O) groups is 3. The van der Waals surface area contributed by atoms with Crippen molar-refractivity contribution in [1.29, 1.82) is 0 Å². The van der Waals surface area contributed by atoms with Crippen molar-refractivity contribution in [3.8, 4) is 0 Å². The second-order valence-corrected chi connectivity index (χ2v) is 17.6. The first-order chi connectivity index (χ1) is 25.6. The van der Waals surface area contributed by atoms with Gasteiger partial charge in [-0.3, -0.25) is 9.59 Å². The lowest BCUT2D eigenvalue weighted by Gasteiger charge is -2.52. The van der Waals surface area contributed by atoms with Crippen molar-refractivity contribution in [3.05, 3.63) is 36.5 Å². The Labute approximate surface area is 329 Å². The second kappa shape index (κ2) is 20.4. The molecule has 314 valence electrons. The molecule has 0 aliphatic carbocycles. The molecule has 11 heteroatoms. The summed E-state index contributed by atoms with van der Waals surface area (Å²) in [5.41, 5.74) is -2.18. The Bertz CT molecular complexity index is 1350. The average molecular weight is 777 g/mol. The minimum Gasteiger partial charge on any atom is -0.459 e. The van der Waals surface area contributed by atoms with Crippen LogP contribution in [0.4, 0.5) is 0 Å². The Hall–Kier alpha value is -2.25. The number of carbonyl (C=O) groups excluding carboxylic acids is 3. The lowest BCUT2D eigenvalue weighted by molar-refractivity contribution is -0.347. The summed E-state index contributed by atoms with van der Waals surface area (Å²) in [5.74, 6) is -6.86. The fraction of sp³-hybridized carbons (Fsp3) is 0.795. The highest BCUT2D eigenvalue weighted by atomic mass is 16.7. The summed E-state index contributed by atoms with van der Waals surface area (Å²) in [7, 11) is 0. The van der Waals surface area contributed by atoms with Gasteiger partial charge in [0.25, 0.3) is 0 Å². The van der Waals surface area contributed by atoms with Crippen molar-refractivity contribution < 1.29 is 54.1 Å². The van der Waals surface area contributed by atoms with Crippen LogP contribution in [0.5, 0.6) is 0 Å². The number of rotatable bonds is 3. The summed E-state index contributed by atoms with van der Waals surface area (Å²) in [5, 5.41) is 54.9. The van der Waals surface area contributed by atoms with Crippen molar-refractivity contribution in [2.45, 2.75) is 175 Å². The van der Waals surface area contributed by atoms with Gasteiger partial charge in [-0.25, -0.2) is 4.79 Å². The van der Waals surface area contributed by atoms with Gasteiger partial charge in [-0.15, -0.1) is 0 Å². The molecular formula is C44H72O11. The van der Waals surface area contributed by atoms with Crippen LogP contribution in [0.1, 0.15) is 121 Å². The standard InChI is InChI=1S/C44H72O11/c1-11-33-16-14-12-13-15-27(4)41(50)43(10,52)42(51)32(9)40(49)31(8)39(48)30(7)38(47)26(3)17-20-37(46)53-36-24-44(54-34(19-18-33)29(36)6)22-21-25(2)35(55-44)23-28(5)45/h12-14,16-17,20,25-36,38,40-41,45,47,49-50,52H,11,15,18-19,21-24H2,1-10H3/b13-12+,16-14+,20-17+/t25-,26-,27+,28+,29+,30+,31-,32-,33-,34-,35-,36-,38+,40+,41-,43+,44-/m1/s1. The van der Waals surface area contributed by atoms with E-state index in [2.05, 4.69) is 19.9 Å². The van der Waals surface area contributed by atoms with Crippen LogP contribution in [-0.4, -0.2) is 97.2 Å². The van der Waals surface area contributed by atoms with Crippen LogP contribution in [-0.2, 0) is 28.6 Å². The summed E-state index contributed by atoms with van der Waals surface area (Å²) in [6, 6.07) is 0. The highest BCUT2D eigenvalue weighted by Gasteiger charge is 2.51. The Kier molecular flexibility index (Phi) is 17.5. The van der Waals surface area contributed by atoms with Crippen LogP contribution >= 0.6 is 0 Å². The normalized spacial score (nSPS) is 46.1. The number of ketones is 2. The maximum Gasteiger partial charge on any atom is 0.330 e. The Morgan fingerprint density at radius 3 is 2.13 bits per heavy atom. The molecule has 3 heterocycles. The first-order valence-electron chi connectivity index (χ1n) is 20.8. The zero-order valence-corrected chi connectivity index (χ0v) is 35.0. The lowest BCUT2D eigenvalue weighted by atomic mass is 9.75. The molecule has 55 heavy (non-hydrogen) atoms. The summed E-state index contributed by atoms with van der Waals surface area (Å²) >= 11 is 0. The third kappa shape index (κ3) is 12.1. The number of Topliss-reactive ketones (excluding diaryl/α,β-unsaturated/α-hetero) is 2. The van der Waals surface area contributed by atoms with Crippen molar-refractivity contribution >= 4 is 17.5 Å². The van der Waals surface area contributed by atoms with Crippen LogP contribution in [0, 0.1) is 47.3 Å². The zero-order chi connectivity index (χ0) is 41.4. The smallest absolute Gasteiger partial charge is 0.330 e. The molecule has 11 nitrogen and oxygen atoms in total. The van der Waals surface area contributed by atoms with E-state index in [1.165, 1.54) is 39.8 Å². The van der Waals surface area contributed by atoms with Crippen LogP contribution < -0.4 is 0 Å². The SMILES string of the molecule is CC[C@@H]1/C=C/C=C/C[C@H](C)[C@@H](O)[C@](C)(O)C(=O)[C@H](C)[C@@H](O)[C@H](C)C(=O)[C@@H](C)[C@@H](O)[C@H](C)/C=C/C(=O)O[C@@H]2C[C@]3(CC[C@@H](C)[C@@H](C[C@H](C)O)O3)O[C@H](CC1)[C@@H]2C. The summed E-state index contributed by atoms with van der Waals surface area (Å²) < 4.78 is 19.7. The molecule has 5 N–H and O–H groups in total. The molecule has 17 atom stereocenters. The average Bonchev–Trinajstić information content (AvgIpc) is 3.14. The highest BCUT2D eigenvalue weighted by Crippen LogP contribution is 2.46. The van der Waals surface area contributed by atoms with Crippen LogP contribution in [0.3, 0.4) is 0 Å². The first kappa shape index (κ1) is 47.1. The Morgan fingerprint density at radius 2 is 1.49 bits per heavy atom. The van der Waals surface area contributed by atoms with Crippen LogP contribution in [0.15, 0.2) is 36.5 Å². The molecular weight excluding hydrogens is 704 g/mol. The van der Waals surface area contributed by atoms with Gasteiger partial charge < -0.3 is 39.7 Å². The molecule has 0 radical (unpaired) electrons. The molecule has 0 aromatic rings. The van der Waals surface area contributed by atoms with E-state index in [0.717, 1.165) is 19.3 Å². The van der Waals surface area contributed by atoms with Gasteiger partial charge in [0.05, 0.1) is 36.6 Å². The van der Waals surface area contributed by atoms with E-state index in [4.69, 9.17) is 14.2 Å². The topological polar surface area (TPSA) is 180 Å². The van der Waals surface area contributed by atoms with Crippen LogP contribution in [0.25, 0.3) is 0 Å². The number of esters is 1. The van der Waals surface area contributed by atoms with E-state index in [-0.39, 0.29) is 30.0 Å². The van der Waals surface area contributed by atoms with Crippen molar-refractivity contribution in [1.82, 2.24) is 0 Å². The minimum absolute atomic E-state index is 0.144. The van der Waals surface area contributed by atoms with Crippen LogP contribution in [0.2, 0.25) is 0 Å². The third-order valence-electron chi connectivity index (χ3n) is 12.9. The monoisotopic (exact) mass is 777 g/mol. The predicted octanol–water partition coefficient (Wildman–Crippen LogP) is 5.64. The minimum atomic E-state index is -2.18. The maximum atomic E-state index is 13.5. The van der Waals surface area contributed by atoms with Gasteiger partial charge in [0, 0.05) is 48.5 Å². The number of aliphatic hydroxyl groups is 5. The van der Waals surface area contributed by atoms with Gasteiger partial charge in [-0.2, -0.15) is 0 Å². The summed E-state index contributed by atoms with van der Waals surface area (Å²) in [6.45, 7) is 17.1. The molecule has 2 fully saturated rings. The van der Waals surface area contributed by atoms with Gasteiger partial charge in [0.2, 0.25) is 0 Å². The molecule has 0 aromatic heterocycles. The second-order valence-electron chi connectivity index (χ2n) is 17.6. The molecule has 3 aliphatic rings. The lowest BCUT2D eigenvalue weighted by Crippen LogP contribution is -2.57. The Morgan fingerprint density at radius 1 is 0.836 bits per heavy atom. The van der Waals surface area contributed by atoms with E-state index in [9.17, 15) is 39.9 Å². The fourth-order valence-corrected chi connectivity index (χ4v) is 8.60. The van der Waals surface area contributed by atoms with Gasteiger partial charge >= 0.3 is 5.97 Å². The molecule has 3 rings (SSSR count). The molecule has 2 saturated heterocycles. The largest absolute Gasteiger partial charge is 0.459 e. The fourth-order valence-electron chi connectivity index (χ4n) is 8.60. The predicted molar refractivity (Wildman–Crippen MR) is 210 cm³/mol. The van der Waals surface area contributed by atoms with E-state index >= 15 is 0 Å². The van der Waals surface area contributed by atoms with E-state index < -0.39 is 89.0 Å². The van der Waals surface area contributed by atoms with Crippen molar-refractivity contribution in [3.63, 3.8) is 0 Å². The first-order valence-corrected chi connectivity index (χ1v) is 20.8. The van der Waals surface area contributed by atoms with E-state index in [0.29, 0.717) is 32.1 Å². The van der Waals surface area contributed by atoms with Gasteiger partial charge in [0.1, 0.15) is 17.5 Å². The van der Waals surface area contributed by atoms with Crippen molar-refractivity contribution in [2.24, 2.45) is 47.3 Å². The van der Waals surface area contributed by atoms with Crippen molar-refractivity contribution in [2.75, 3.05) is 0 Å². The van der Waals surface area contributed by atoms with Gasteiger partial charge in [0.15, 0.2) is 11.6 Å². The molecule has 0 aromatic carbocycles. The number of allylic oxidation sites excluding steroid dienone is 4. The summed E-state index contributed by atoms with van der Waals surface area (Å²) in [4.78, 5) is 40.3. The number of ether oxygens (including phenoxy) is 3. The quantitative estimate of drug-likeness (QED) is 0.224. The van der Waals surface area contributed by atoms with Gasteiger partial charge in [-0.1, -0.05) is 85.8 Å². The number of hydrogen-bond donors (Lipinski definition) is 5. The highest BCUT2D eigenvalue weighted by molar-refractivity contribution is 5.91. The third-order valence-corrected chi connectivity index (χ3v) is 12.9. The summed E-state index contributed by atoms with van der Waals surface area (Å²) in [6.07, 6.45) is 10.1. The maximum absolute atomic E-state index is 13.5. The molecule has 0 unspecified atom stereocenters. The van der Waals surface area contributed by atoms with Gasteiger partial charge in [-0.05, 0) is 70.1 Å². The number of hydrogen-bond acceptors (Lipinski definition) is 11. The zero-order valence-electron chi connectivity index (χ0n) is 35.0. The molecule has 0 saturated carbocycles. The van der Waals surface area contributed by atoms with E-state index in [1.807, 2.05) is 25.2 Å². The molecule has 0 amide bonds. The van der Waals surface area contributed by atoms with E-state index in [1.54, 1.807) is 20.8 Å².